The molecule has 2 rings (SSSR count). The Kier molecular flexibility index (Phi) is 7.01. The lowest BCUT2D eigenvalue weighted by Crippen LogP contribution is -1.89. The summed E-state index contributed by atoms with van der Waals surface area (Å²) in [5.74, 6) is -0.294. The van der Waals surface area contributed by atoms with Crippen LogP contribution in [0.25, 0.3) is 10.9 Å². The Hall–Kier alpha value is -1.51. The van der Waals surface area contributed by atoms with E-state index in [0.29, 0.717) is 5.52 Å². The van der Waals surface area contributed by atoms with Crippen molar-refractivity contribution in [3.05, 3.63) is 36.0 Å². The highest BCUT2D eigenvalue weighted by atomic mass is 19.1. The predicted octanol–water partition coefficient (Wildman–Crippen LogP) is 4.13. The van der Waals surface area contributed by atoms with E-state index in [1.165, 1.54) is 12.4 Å². The first-order chi connectivity index (χ1) is 7.79. The summed E-state index contributed by atoms with van der Waals surface area (Å²) in [6.45, 7) is 9.84. The topological polar surface area (TPSA) is 25.8 Å². The van der Waals surface area contributed by atoms with Crippen molar-refractivity contribution >= 4 is 10.9 Å². The molecule has 0 unspecified atom stereocenters. The number of halogens is 1. The van der Waals surface area contributed by atoms with Crippen LogP contribution in [-0.4, -0.2) is 9.97 Å². The Balaban J connectivity index is 0.000000509. The molecule has 0 aliphatic carbocycles. The van der Waals surface area contributed by atoms with Crippen LogP contribution >= 0.6 is 0 Å². The van der Waals surface area contributed by atoms with Gasteiger partial charge in [-0.25, -0.2) is 14.4 Å². The molecule has 0 amide bonds. The molecular weight excluding hydrogens is 203 g/mol. The number of nitrogens with zero attached hydrogens (tertiary/aromatic N) is 2. The van der Waals surface area contributed by atoms with E-state index in [2.05, 4.69) is 9.97 Å². The number of rotatable bonds is 0. The van der Waals surface area contributed by atoms with Gasteiger partial charge in [-0.1, -0.05) is 39.8 Å². The van der Waals surface area contributed by atoms with Gasteiger partial charge in [-0.15, -0.1) is 0 Å². The molecule has 0 atom stereocenters. The van der Waals surface area contributed by atoms with E-state index in [1.807, 2.05) is 40.7 Å². The maximum atomic E-state index is 13.1. The van der Waals surface area contributed by atoms with E-state index in [1.54, 1.807) is 6.07 Å². The van der Waals surface area contributed by atoms with Crippen molar-refractivity contribution in [2.75, 3.05) is 0 Å². The first kappa shape index (κ1) is 14.5. The van der Waals surface area contributed by atoms with Gasteiger partial charge in [0.2, 0.25) is 0 Å². The van der Waals surface area contributed by atoms with Gasteiger partial charge >= 0.3 is 0 Å². The van der Waals surface area contributed by atoms with Crippen molar-refractivity contribution in [2.45, 2.75) is 34.6 Å². The van der Waals surface area contributed by atoms with Crippen LogP contribution in [0.3, 0.4) is 0 Å². The van der Waals surface area contributed by atoms with Crippen molar-refractivity contribution in [2.24, 2.45) is 0 Å². The van der Waals surface area contributed by atoms with E-state index >= 15 is 0 Å². The third-order valence-corrected chi connectivity index (χ3v) is 1.81. The van der Waals surface area contributed by atoms with Crippen LogP contribution in [0.1, 0.15) is 33.4 Å². The second-order valence-corrected chi connectivity index (χ2v) is 2.60. The summed E-state index contributed by atoms with van der Waals surface area (Å²) in [7, 11) is 0. The van der Waals surface area contributed by atoms with E-state index in [9.17, 15) is 4.39 Å². The summed E-state index contributed by atoms with van der Waals surface area (Å²) in [5.41, 5.74) is 1.20. The summed E-state index contributed by atoms with van der Waals surface area (Å²) < 4.78 is 13.1. The minimum Gasteiger partial charge on any atom is -0.241 e. The van der Waals surface area contributed by atoms with Crippen molar-refractivity contribution in [3.63, 3.8) is 0 Å². The fourth-order valence-corrected chi connectivity index (χ4v) is 1.18. The summed E-state index contributed by atoms with van der Waals surface area (Å²) in [4.78, 5) is 7.83. The van der Waals surface area contributed by atoms with Crippen LogP contribution in [0, 0.1) is 12.7 Å². The number of fused-ring (bicyclic) bond motifs is 1. The molecule has 2 aromatic rings. The Morgan fingerprint density at radius 2 is 1.62 bits per heavy atom. The number of hydrogen-bond donors (Lipinski definition) is 0. The third kappa shape index (κ3) is 3.26. The van der Waals surface area contributed by atoms with Gasteiger partial charge in [0.1, 0.15) is 17.7 Å². The van der Waals surface area contributed by atoms with Crippen LogP contribution in [0.2, 0.25) is 0 Å². The van der Waals surface area contributed by atoms with E-state index < -0.39 is 0 Å². The van der Waals surface area contributed by atoms with E-state index in [0.717, 1.165) is 11.1 Å². The summed E-state index contributed by atoms with van der Waals surface area (Å²) in [6.07, 6.45) is 1.38. The van der Waals surface area contributed by atoms with Crippen LogP contribution in [0.5, 0.6) is 0 Å². The molecule has 3 heteroatoms. The average Bonchev–Trinajstić information content (AvgIpc) is 2.36. The highest BCUT2D eigenvalue weighted by Crippen LogP contribution is 2.15. The molecule has 0 radical (unpaired) electrons. The van der Waals surface area contributed by atoms with Crippen LogP contribution < -0.4 is 0 Å². The molecule has 16 heavy (non-hydrogen) atoms. The lowest BCUT2D eigenvalue weighted by molar-refractivity contribution is 0.636. The Labute approximate surface area is 96.6 Å². The maximum absolute atomic E-state index is 13.1. The standard InChI is InChI=1S/C9H7FN2.2C2H6/c1-6-7-3-2-4-8(10)9(7)12-5-11-6;2*1-2/h2-5H,1H3;2*1-2H3. The average molecular weight is 222 g/mol. The minimum absolute atomic E-state index is 0.294. The highest BCUT2D eigenvalue weighted by molar-refractivity contribution is 5.80. The van der Waals surface area contributed by atoms with Gasteiger partial charge in [0.05, 0.1) is 0 Å². The second-order valence-electron chi connectivity index (χ2n) is 2.60. The minimum atomic E-state index is -0.294. The maximum Gasteiger partial charge on any atom is 0.149 e. The highest BCUT2D eigenvalue weighted by Gasteiger charge is 2.02. The summed E-state index contributed by atoms with van der Waals surface area (Å²) >= 11 is 0. The van der Waals surface area contributed by atoms with Crippen LogP contribution in [0.4, 0.5) is 4.39 Å². The lowest BCUT2D eigenvalue weighted by atomic mass is 10.2. The smallest absolute Gasteiger partial charge is 0.149 e. The number of benzene rings is 1. The van der Waals surface area contributed by atoms with E-state index in [-0.39, 0.29) is 5.82 Å². The lowest BCUT2D eigenvalue weighted by Gasteiger charge is -1.99. The monoisotopic (exact) mass is 222 g/mol. The normalized spacial score (nSPS) is 8.62. The SMILES string of the molecule is CC.CC.Cc1ncnc2c(F)cccc12. The Bertz CT molecular complexity index is 386. The fraction of sp³-hybridized carbons (Fsp3) is 0.385. The molecule has 1 heterocycles. The molecule has 1 aromatic carbocycles. The largest absolute Gasteiger partial charge is 0.241 e. The van der Waals surface area contributed by atoms with Crippen molar-refractivity contribution < 1.29 is 4.39 Å². The zero-order valence-electron chi connectivity index (χ0n) is 10.6. The molecule has 0 aliphatic heterocycles. The Morgan fingerprint density at radius 3 is 2.19 bits per heavy atom. The Morgan fingerprint density at radius 1 is 1.00 bits per heavy atom. The molecule has 0 bridgehead atoms. The second kappa shape index (κ2) is 7.74. The number of aryl methyl sites for hydroxylation is 1. The van der Waals surface area contributed by atoms with Gasteiger partial charge in [-0.2, -0.15) is 0 Å². The molecule has 0 spiro atoms. The molecule has 0 N–H and O–H groups in total. The van der Waals surface area contributed by atoms with Gasteiger partial charge in [0.25, 0.3) is 0 Å². The molecule has 0 saturated carbocycles. The number of aromatic nitrogens is 2. The molecule has 2 nitrogen and oxygen atoms in total. The van der Waals surface area contributed by atoms with Crippen LogP contribution in [0.15, 0.2) is 24.5 Å². The van der Waals surface area contributed by atoms with Gasteiger partial charge in [0.15, 0.2) is 0 Å². The molecule has 0 saturated heterocycles. The molecule has 1 aromatic heterocycles. The number of para-hydroxylation sites is 1. The molecule has 88 valence electrons. The van der Waals surface area contributed by atoms with Crippen molar-refractivity contribution in [1.29, 1.82) is 0 Å². The van der Waals surface area contributed by atoms with Gasteiger partial charge in [-0.05, 0) is 13.0 Å². The fourth-order valence-electron chi connectivity index (χ4n) is 1.18. The third-order valence-electron chi connectivity index (χ3n) is 1.81. The zero-order chi connectivity index (χ0) is 12.6. The van der Waals surface area contributed by atoms with Gasteiger partial charge in [-0.3, -0.25) is 0 Å². The zero-order valence-corrected chi connectivity index (χ0v) is 10.6. The quantitative estimate of drug-likeness (QED) is 0.669. The predicted molar refractivity (Wildman–Crippen MR) is 66.9 cm³/mol. The van der Waals surface area contributed by atoms with Crippen LogP contribution in [-0.2, 0) is 0 Å². The molecule has 0 fully saturated rings. The van der Waals surface area contributed by atoms with Crippen molar-refractivity contribution in [3.8, 4) is 0 Å². The number of hydrogen-bond acceptors (Lipinski definition) is 2. The molecular formula is C13H19FN2. The van der Waals surface area contributed by atoms with Gasteiger partial charge in [0, 0.05) is 11.1 Å². The van der Waals surface area contributed by atoms with Gasteiger partial charge < -0.3 is 0 Å². The summed E-state index contributed by atoms with van der Waals surface area (Å²) in [5, 5.41) is 0.775. The first-order valence-electron chi connectivity index (χ1n) is 5.65. The van der Waals surface area contributed by atoms with E-state index in [4.69, 9.17) is 0 Å². The van der Waals surface area contributed by atoms with Crippen molar-refractivity contribution in [1.82, 2.24) is 9.97 Å². The first-order valence-corrected chi connectivity index (χ1v) is 5.65. The molecule has 0 aliphatic rings. The summed E-state index contributed by atoms with van der Waals surface area (Å²) in [6, 6.07) is 4.87.